The average molecular weight is 414 g/mol. The van der Waals surface area contributed by atoms with Crippen LogP contribution in [0.25, 0.3) is 17.2 Å². The highest BCUT2D eigenvalue weighted by molar-refractivity contribution is 5.58. The molecule has 0 aliphatic carbocycles. The van der Waals surface area contributed by atoms with Crippen molar-refractivity contribution < 1.29 is 13.2 Å². The van der Waals surface area contributed by atoms with Gasteiger partial charge < -0.3 is 4.90 Å². The van der Waals surface area contributed by atoms with Crippen molar-refractivity contribution >= 4 is 11.5 Å². The number of hydrogen-bond acceptors (Lipinski definition) is 6. The number of aromatic amines is 1. The van der Waals surface area contributed by atoms with Gasteiger partial charge >= 0.3 is 6.18 Å². The second kappa shape index (κ2) is 7.08. The zero-order valence-electron chi connectivity index (χ0n) is 15.7. The van der Waals surface area contributed by atoms with E-state index in [2.05, 4.69) is 35.0 Å². The van der Waals surface area contributed by atoms with Crippen molar-refractivity contribution in [3.05, 3.63) is 54.5 Å². The number of H-pyrrole nitrogens is 1. The lowest BCUT2D eigenvalue weighted by molar-refractivity contribution is -0.141. The zero-order valence-corrected chi connectivity index (χ0v) is 15.7. The van der Waals surface area contributed by atoms with Crippen molar-refractivity contribution in [2.45, 2.75) is 24.9 Å². The molecule has 1 fully saturated rings. The van der Waals surface area contributed by atoms with Gasteiger partial charge in [0.25, 0.3) is 0 Å². The monoisotopic (exact) mass is 414 g/mol. The van der Waals surface area contributed by atoms with Gasteiger partial charge in [-0.05, 0) is 25.0 Å². The highest BCUT2D eigenvalue weighted by atomic mass is 19.4. The third-order valence-electron chi connectivity index (χ3n) is 5.24. The van der Waals surface area contributed by atoms with E-state index in [1.807, 2.05) is 18.3 Å². The first kappa shape index (κ1) is 18.5. The summed E-state index contributed by atoms with van der Waals surface area (Å²) in [5, 5.41) is 7.15. The topological polar surface area (TPSA) is 87.9 Å². The Hall–Kier alpha value is -3.50. The maximum Gasteiger partial charge on any atom is 0.434 e. The molecule has 0 spiro atoms. The number of rotatable bonds is 3. The molecule has 4 aromatic heterocycles. The summed E-state index contributed by atoms with van der Waals surface area (Å²) in [6, 6.07) is 3.78. The Morgan fingerprint density at radius 1 is 1.10 bits per heavy atom. The predicted octanol–water partition coefficient (Wildman–Crippen LogP) is 3.31. The van der Waals surface area contributed by atoms with E-state index in [9.17, 15) is 13.2 Å². The van der Waals surface area contributed by atoms with Crippen LogP contribution in [-0.4, -0.2) is 47.6 Å². The highest BCUT2D eigenvalue weighted by Gasteiger charge is 2.33. The van der Waals surface area contributed by atoms with Gasteiger partial charge in [-0.2, -0.15) is 18.3 Å². The lowest BCUT2D eigenvalue weighted by Crippen LogP contribution is -2.35. The fraction of sp³-hybridized carbons (Fsp3) is 0.316. The highest BCUT2D eigenvalue weighted by Crippen LogP contribution is 2.30. The van der Waals surface area contributed by atoms with Crippen molar-refractivity contribution in [1.82, 2.24) is 34.5 Å². The molecule has 1 unspecified atom stereocenters. The van der Waals surface area contributed by atoms with Crippen LogP contribution in [0.1, 0.15) is 30.1 Å². The van der Waals surface area contributed by atoms with Crippen molar-refractivity contribution in [2.24, 2.45) is 0 Å². The Labute approximate surface area is 168 Å². The molecule has 0 bridgehead atoms. The molecule has 1 atom stereocenters. The van der Waals surface area contributed by atoms with Crippen LogP contribution in [0.4, 0.5) is 19.0 Å². The Bertz CT molecular complexity index is 1170. The van der Waals surface area contributed by atoms with Gasteiger partial charge in [0.05, 0.1) is 18.1 Å². The van der Waals surface area contributed by atoms with E-state index in [1.54, 1.807) is 6.20 Å². The van der Waals surface area contributed by atoms with E-state index in [0.717, 1.165) is 49.8 Å². The number of halogens is 3. The number of piperidine rings is 1. The van der Waals surface area contributed by atoms with Gasteiger partial charge in [0, 0.05) is 37.6 Å². The van der Waals surface area contributed by atoms with Gasteiger partial charge in [-0.3, -0.25) is 9.50 Å². The lowest BCUT2D eigenvalue weighted by atomic mass is 9.95. The number of imidazole rings is 1. The molecule has 0 radical (unpaired) electrons. The minimum atomic E-state index is -4.55. The summed E-state index contributed by atoms with van der Waals surface area (Å²) in [4.78, 5) is 18.6. The Kier molecular flexibility index (Phi) is 4.37. The lowest BCUT2D eigenvalue weighted by Gasteiger charge is -2.32. The molecule has 1 aliphatic rings. The normalized spacial score (nSPS) is 17.6. The maximum atomic E-state index is 13.1. The standard InChI is InChI=1S/C19H17F3N8/c20-19(21,22)15-11-30-14(8-25-17(30)9-24-15)18-23-5-4-16(27-18)29-7-1-2-12(10-29)13-3-6-26-28-13/h3-6,8-9,11-12H,1-2,7,10H2,(H,26,28). The van der Waals surface area contributed by atoms with Gasteiger partial charge in [0.2, 0.25) is 0 Å². The molecule has 0 saturated carbocycles. The Balaban J connectivity index is 1.48. The first-order valence-electron chi connectivity index (χ1n) is 9.47. The Morgan fingerprint density at radius 2 is 2.00 bits per heavy atom. The second-order valence-electron chi connectivity index (χ2n) is 7.16. The summed E-state index contributed by atoms with van der Waals surface area (Å²) in [5.41, 5.74) is 0.690. The van der Waals surface area contributed by atoms with Gasteiger partial charge in [0.1, 0.15) is 11.5 Å². The van der Waals surface area contributed by atoms with Crippen molar-refractivity contribution in [2.75, 3.05) is 18.0 Å². The molecule has 1 aliphatic heterocycles. The molecule has 5 heterocycles. The molecule has 30 heavy (non-hydrogen) atoms. The summed E-state index contributed by atoms with van der Waals surface area (Å²) in [7, 11) is 0. The van der Waals surface area contributed by atoms with Gasteiger partial charge in [-0.1, -0.05) is 0 Å². The molecule has 0 amide bonds. The van der Waals surface area contributed by atoms with Gasteiger partial charge in [-0.15, -0.1) is 0 Å². The Morgan fingerprint density at radius 3 is 2.80 bits per heavy atom. The number of aromatic nitrogens is 7. The quantitative estimate of drug-likeness (QED) is 0.553. The minimum Gasteiger partial charge on any atom is -0.356 e. The molecule has 11 heteroatoms. The fourth-order valence-electron chi connectivity index (χ4n) is 3.78. The van der Waals surface area contributed by atoms with E-state index in [0.29, 0.717) is 23.1 Å². The molecule has 8 nitrogen and oxygen atoms in total. The van der Waals surface area contributed by atoms with Crippen molar-refractivity contribution in [3.8, 4) is 11.5 Å². The van der Waals surface area contributed by atoms with Crippen molar-refractivity contribution in [3.63, 3.8) is 0 Å². The first-order chi connectivity index (χ1) is 14.5. The van der Waals surface area contributed by atoms with Crippen LogP contribution >= 0.6 is 0 Å². The number of alkyl halides is 3. The van der Waals surface area contributed by atoms with E-state index >= 15 is 0 Å². The fourth-order valence-corrected chi connectivity index (χ4v) is 3.78. The third kappa shape index (κ3) is 3.36. The summed E-state index contributed by atoms with van der Waals surface area (Å²) >= 11 is 0. The van der Waals surface area contributed by atoms with Crippen LogP contribution in [0.2, 0.25) is 0 Å². The summed E-state index contributed by atoms with van der Waals surface area (Å²) in [5.74, 6) is 1.32. The molecule has 154 valence electrons. The summed E-state index contributed by atoms with van der Waals surface area (Å²) < 4.78 is 40.5. The van der Waals surface area contributed by atoms with Crippen LogP contribution in [0.15, 0.2) is 43.1 Å². The number of fused-ring (bicyclic) bond motifs is 1. The molecule has 4 aromatic rings. The minimum absolute atomic E-state index is 0.291. The number of nitrogens with zero attached hydrogens (tertiary/aromatic N) is 7. The third-order valence-corrected chi connectivity index (χ3v) is 5.24. The van der Waals surface area contributed by atoms with Crippen LogP contribution in [0.3, 0.4) is 0 Å². The number of hydrogen-bond donors (Lipinski definition) is 1. The van der Waals surface area contributed by atoms with Crippen molar-refractivity contribution in [1.29, 1.82) is 0 Å². The molecule has 0 aromatic carbocycles. The predicted molar refractivity (Wildman–Crippen MR) is 102 cm³/mol. The largest absolute Gasteiger partial charge is 0.434 e. The molecule has 1 N–H and O–H groups in total. The van der Waals surface area contributed by atoms with Crippen LogP contribution in [0, 0.1) is 0 Å². The van der Waals surface area contributed by atoms with E-state index < -0.39 is 11.9 Å². The molecule has 5 rings (SSSR count). The zero-order chi connectivity index (χ0) is 20.7. The molecular weight excluding hydrogens is 397 g/mol. The number of anilines is 1. The van der Waals surface area contributed by atoms with Gasteiger partial charge in [-0.25, -0.2) is 19.9 Å². The average Bonchev–Trinajstić information content (AvgIpc) is 3.43. The molecular formula is C19H17F3N8. The second-order valence-corrected chi connectivity index (χ2v) is 7.16. The van der Waals surface area contributed by atoms with Crippen LogP contribution in [0.5, 0.6) is 0 Å². The molecule has 1 saturated heterocycles. The number of nitrogens with one attached hydrogen (secondary N) is 1. The maximum absolute atomic E-state index is 13.1. The van der Waals surface area contributed by atoms with E-state index in [4.69, 9.17) is 0 Å². The van der Waals surface area contributed by atoms with E-state index in [-0.39, 0.29) is 0 Å². The van der Waals surface area contributed by atoms with E-state index in [1.165, 1.54) is 10.6 Å². The SMILES string of the molecule is FC(F)(F)c1cn2c(-c3nccc(N4CCCC(c5cc[nH]n5)C4)n3)cnc2cn1. The summed E-state index contributed by atoms with van der Waals surface area (Å²) in [6.07, 6.45) is 4.38. The van der Waals surface area contributed by atoms with Crippen LogP contribution in [-0.2, 0) is 6.18 Å². The smallest absolute Gasteiger partial charge is 0.356 e. The van der Waals surface area contributed by atoms with Crippen LogP contribution < -0.4 is 4.90 Å². The first-order valence-corrected chi connectivity index (χ1v) is 9.47. The van der Waals surface area contributed by atoms with Gasteiger partial charge in [0.15, 0.2) is 17.2 Å². The summed E-state index contributed by atoms with van der Waals surface area (Å²) in [6.45, 7) is 1.60.